The first-order chi connectivity index (χ1) is 13.2. The predicted molar refractivity (Wildman–Crippen MR) is 96.8 cm³/mol. The predicted octanol–water partition coefficient (Wildman–Crippen LogP) is 0.459. The van der Waals surface area contributed by atoms with Crippen LogP contribution in [0.15, 0.2) is 18.2 Å². The van der Waals surface area contributed by atoms with E-state index >= 15 is 0 Å². The number of nitrogens with zero attached hydrogens (tertiary/aromatic N) is 1. The molecule has 10 nitrogen and oxygen atoms in total. The Morgan fingerprint density at radius 2 is 1.89 bits per heavy atom. The third kappa shape index (κ3) is 3.71. The molecular formula is C18H22N4O6. The van der Waals surface area contributed by atoms with E-state index in [-0.39, 0.29) is 6.04 Å². The second kappa shape index (κ2) is 7.37. The van der Waals surface area contributed by atoms with Crippen LogP contribution in [-0.2, 0) is 15.1 Å². The normalized spacial score (nSPS) is 20.8. The molecule has 1 aromatic carbocycles. The number of imide groups is 2. The van der Waals surface area contributed by atoms with Gasteiger partial charge in [-0.3, -0.25) is 19.8 Å². The van der Waals surface area contributed by atoms with Crippen molar-refractivity contribution in [3.63, 3.8) is 0 Å². The second-order valence-corrected chi connectivity index (χ2v) is 6.98. The maximum absolute atomic E-state index is 12.9. The van der Waals surface area contributed by atoms with Crippen LogP contribution in [0, 0.1) is 0 Å². The summed E-state index contributed by atoms with van der Waals surface area (Å²) >= 11 is 0. The summed E-state index contributed by atoms with van der Waals surface area (Å²) in [6, 6.07) is 3.38. The van der Waals surface area contributed by atoms with Crippen LogP contribution < -0.4 is 25.4 Å². The smallest absolute Gasteiger partial charge is 0.325 e. The third-order valence-electron chi connectivity index (χ3n) is 4.37. The van der Waals surface area contributed by atoms with Crippen molar-refractivity contribution in [2.75, 3.05) is 19.8 Å². The maximum Gasteiger partial charge on any atom is 0.325 e. The summed E-state index contributed by atoms with van der Waals surface area (Å²) < 4.78 is 11.0. The van der Waals surface area contributed by atoms with Gasteiger partial charge in [-0.25, -0.2) is 9.59 Å². The van der Waals surface area contributed by atoms with Crippen LogP contribution in [0.3, 0.4) is 0 Å². The van der Waals surface area contributed by atoms with Crippen molar-refractivity contribution in [1.82, 2.24) is 20.9 Å². The van der Waals surface area contributed by atoms with E-state index in [1.807, 2.05) is 0 Å². The number of ether oxygens (including phenoxy) is 2. The number of fused-ring (bicyclic) bond motifs is 1. The Labute approximate surface area is 161 Å². The summed E-state index contributed by atoms with van der Waals surface area (Å²) in [6.07, 6.45) is 0. The first kappa shape index (κ1) is 19.5. The SMILES string of the molecule is CC(C)NC(=O)NC(=O)CN1C(=O)N[C@](C)(c2ccc3c(c2)OCCO3)C1=O. The van der Waals surface area contributed by atoms with Crippen molar-refractivity contribution in [2.24, 2.45) is 0 Å². The zero-order valence-electron chi connectivity index (χ0n) is 15.8. The van der Waals surface area contributed by atoms with Crippen molar-refractivity contribution in [1.29, 1.82) is 0 Å². The molecule has 10 heteroatoms. The first-order valence-corrected chi connectivity index (χ1v) is 8.85. The average molecular weight is 390 g/mol. The number of amides is 6. The molecule has 1 fully saturated rings. The van der Waals surface area contributed by atoms with Gasteiger partial charge in [0.1, 0.15) is 25.3 Å². The van der Waals surface area contributed by atoms with Gasteiger partial charge in [0.2, 0.25) is 5.91 Å². The number of carbonyl (C=O) groups excluding carboxylic acids is 4. The van der Waals surface area contributed by atoms with Gasteiger partial charge in [-0.15, -0.1) is 0 Å². The van der Waals surface area contributed by atoms with Crippen molar-refractivity contribution in [3.05, 3.63) is 23.8 Å². The summed E-state index contributed by atoms with van der Waals surface area (Å²) in [4.78, 5) is 49.6. The van der Waals surface area contributed by atoms with Gasteiger partial charge in [0.15, 0.2) is 11.5 Å². The molecule has 150 valence electrons. The van der Waals surface area contributed by atoms with E-state index in [1.54, 1.807) is 39.0 Å². The Morgan fingerprint density at radius 1 is 1.21 bits per heavy atom. The lowest BCUT2D eigenvalue weighted by Crippen LogP contribution is -2.48. The highest BCUT2D eigenvalue weighted by molar-refractivity contribution is 6.10. The second-order valence-electron chi connectivity index (χ2n) is 6.98. The minimum Gasteiger partial charge on any atom is -0.486 e. The van der Waals surface area contributed by atoms with E-state index in [2.05, 4.69) is 16.0 Å². The molecule has 2 aliphatic rings. The Hall–Kier alpha value is -3.30. The molecule has 6 amide bonds. The van der Waals surface area contributed by atoms with Crippen LogP contribution in [-0.4, -0.2) is 54.6 Å². The molecule has 0 bridgehead atoms. The molecule has 3 N–H and O–H groups in total. The van der Waals surface area contributed by atoms with Gasteiger partial charge in [-0.1, -0.05) is 6.07 Å². The van der Waals surface area contributed by atoms with Crippen LogP contribution in [0.1, 0.15) is 26.3 Å². The monoisotopic (exact) mass is 390 g/mol. The van der Waals surface area contributed by atoms with Crippen LogP contribution in [0.5, 0.6) is 11.5 Å². The van der Waals surface area contributed by atoms with E-state index in [0.29, 0.717) is 30.3 Å². The lowest BCUT2D eigenvalue weighted by molar-refractivity contribution is -0.134. The van der Waals surface area contributed by atoms with Gasteiger partial charge in [0, 0.05) is 6.04 Å². The fourth-order valence-corrected chi connectivity index (χ4v) is 3.00. The fourth-order valence-electron chi connectivity index (χ4n) is 3.00. The number of carbonyl (C=O) groups is 4. The van der Waals surface area contributed by atoms with E-state index in [1.165, 1.54) is 0 Å². The largest absolute Gasteiger partial charge is 0.486 e. The quantitative estimate of drug-likeness (QED) is 0.641. The van der Waals surface area contributed by atoms with E-state index in [4.69, 9.17) is 9.47 Å². The van der Waals surface area contributed by atoms with E-state index < -0.39 is 36.0 Å². The highest BCUT2D eigenvalue weighted by atomic mass is 16.6. The highest BCUT2D eigenvalue weighted by Crippen LogP contribution is 2.36. The van der Waals surface area contributed by atoms with Gasteiger partial charge < -0.3 is 20.1 Å². The lowest BCUT2D eigenvalue weighted by atomic mass is 9.91. The van der Waals surface area contributed by atoms with Crippen molar-refractivity contribution >= 4 is 23.9 Å². The van der Waals surface area contributed by atoms with Crippen molar-refractivity contribution in [2.45, 2.75) is 32.4 Å². The Kier molecular flexibility index (Phi) is 5.12. The van der Waals surface area contributed by atoms with Crippen molar-refractivity contribution < 1.29 is 28.7 Å². The number of hydrogen-bond acceptors (Lipinski definition) is 6. The highest BCUT2D eigenvalue weighted by Gasteiger charge is 2.49. The number of benzene rings is 1. The summed E-state index contributed by atoms with van der Waals surface area (Å²) in [5.41, 5.74) is -0.872. The molecule has 1 aromatic rings. The molecule has 2 heterocycles. The molecular weight excluding hydrogens is 368 g/mol. The molecule has 2 aliphatic heterocycles. The summed E-state index contributed by atoms with van der Waals surface area (Å²) in [6.45, 7) is 5.27. The lowest BCUT2D eigenvalue weighted by Gasteiger charge is -2.25. The van der Waals surface area contributed by atoms with Crippen LogP contribution in [0.4, 0.5) is 9.59 Å². The standard InChI is InChI=1S/C18H22N4O6/c1-10(2)19-16(25)20-14(23)9-22-15(24)18(3,21-17(22)26)11-4-5-12-13(8-11)28-7-6-27-12/h4-5,8,10H,6-7,9H2,1-3H3,(H,21,26)(H2,19,20,23,25)/t18-/m1/s1. The Bertz CT molecular complexity index is 839. The molecule has 0 spiro atoms. The summed E-state index contributed by atoms with van der Waals surface area (Å²) in [5, 5.41) is 7.18. The molecule has 0 aromatic heterocycles. The van der Waals surface area contributed by atoms with E-state index in [0.717, 1.165) is 4.90 Å². The Balaban J connectivity index is 1.73. The van der Waals surface area contributed by atoms with Gasteiger partial charge in [0.25, 0.3) is 5.91 Å². The number of hydrogen-bond donors (Lipinski definition) is 3. The molecule has 0 aliphatic carbocycles. The molecule has 3 rings (SSSR count). The van der Waals surface area contributed by atoms with Gasteiger partial charge in [0.05, 0.1) is 0 Å². The fraction of sp³-hybridized carbons (Fsp3) is 0.444. The number of rotatable bonds is 4. The molecule has 28 heavy (non-hydrogen) atoms. The molecule has 0 radical (unpaired) electrons. The van der Waals surface area contributed by atoms with Crippen LogP contribution in [0.25, 0.3) is 0 Å². The third-order valence-corrected chi connectivity index (χ3v) is 4.37. The molecule has 0 unspecified atom stereocenters. The number of urea groups is 2. The topological polar surface area (TPSA) is 126 Å². The molecule has 1 saturated heterocycles. The average Bonchev–Trinajstić information content (AvgIpc) is 2.84. The zero-order chi connectivity index (χ0) is 20.5. The van der Waals surface area contributed by atoms with Gasteiger partial charge in [-0.05, 0) is 38.5 Å². The number of nitrogens with one attached hydrogen (secondary N) is 3. The van der Waals surface area contributed by atoms with E-state index in [9.17, 15) is 19.2 Å². The van der Waals surface area contributed by atoms with Gasteiger partial charge in [-0.2, -0.15) is 0 Å². The maximum atomic E-state index is 12.9. The first-order valence-electron chi connectivity index (χ1n) is 8.85. The molecule has 1 atom stereocenters. The van der Waals surface area contributed by atoms with Gasteiger partial charge >= 0.3 is 12.1 Å². The van der Waals surface area contributed by atoms with Crippen LogP contribution >= 0.6 is 0 Å². The summed E-state index contributed by atoms with van der Waals surface area (Å²) in [7, 11) is 0. The zero-order valence-corrected chi connectivity index (χ0v) is 15.8. The summed E-state index contributed by atoms with van der Waals surface area (Å²) in [5.74, 6) is -0.335. The minimum absolute atomic E-state index is 0.164. The Morgan fingerprint density at radius 3 is 2.57 bits per heavy atom. The van der Waals surface area contributed by atoms with Crippen molar-refractivity contribution in [3.8, 4) is 11.5 Å². The van der Waals surface area contributed by atoms with Crippen LogP contribution in [0.2, 0.25) is 0 Å². The minimum atomic E-state index is -1.37. The molecule has 0 saturated carbocycles.